The van der Waals surface area contributed by atoms with Crippen LogP contribution < -0.4 is 9.64 Å². The van der Waals surface area contributed by atoms with Gasteiger partial charge in [-0.15, -0.1) is 0 Å². The van der Waals surface area contributed by atoms with Gasteiger partial charge in [0.2, 0.25) is 5.95 Å². The lowest BCUT2D eigenvalue weighted by molar-refractivity contribution is -0.141. The molecule has 0 unspecified atom stereocenters. The second kappa shape index (κ2) is 9.79. The largest absolute Gasteiger partial charge is 0.495 e. The number of amides is 1. The molecule has 1 aliphatic rings. The standard InChI is InChI=1S/C24H20F3N5O2/c1-34-20-8-6-18(16-17(20)5-7-19-4-2-3-10-28-19)22(33)31-12-14-32(15-13-31)23-29-11-9-21(30-23)24(25,26)27/h2-4,6,8-11,16H,12-15H2,1H3. The minimum Gasteiger partial charge on any atom is -0.495 e. The molecule has 1 saturated heterocycles. The van der Waals surface area contributed by atoms with Gasteiger partial charge in [0.05, 0.1) is 12.7 Å². The van der Waals surface area contributed by atoms with Crippen LogP contribution in [0.15, 0.2) is 54.9 Å². The van der Waals surface area contributed by atoms with Gasteiger partial charge in [-0.1, -0.05) is 12.0 Å². The molecule has 1 amide bonds. The number of rotatable bonds is 3. The maximum Gasteiger partial charge on any atom is 0.433 e. The SMILES string of the molecule is COc1ccc(C(=O)N2CCN(c3nccc(C(F)(F)F)n3)CC2)cc1C#Cc1ccccn1. The molecule has 34 heavy (non-hydrogen) atoms. The summed E-state index contributed by atoms with van der Waals surface area (Å²) in [5, 5.41) is 0. The van der Waals surface area contributed by atoms with Crippen molar-refractivity contribution in [2.24, 2.45) is 0 Å². The lowest BCUT2D eigenvalue weighted by Crippen LogP contribution is -2.49. The fourth-order valence-electron chi connectivity index (χ4n) is 3.46. The molecule has 0 aliphatic carbocycles. The maximum atomic E-state index is 13.1. The number of carbonyl (C=O) groups is 1. The van der Waals surface area contributed by atoms with Crippen LogP contribution in [-0.4, -0.2) is 59.0 Å². The minimum atomic E-state index is -4.54. The number of aromatic nitrogens is 3. The molecule has 1 aromatic carbocycles. The van der Waals surface area contributed by atoms with Gasteiger partial charge in [0.25, 0.3) is 5.91 Å². The Morgan fingerprint density at radius 2 is 1.79 bits per heavy atom. The minimum absolute atomic E-state index is 0.00143. The quantitative estimate of drug-likeness (QED) is 0.551. The Morgan fingerprint density at radius 1 is 1.00 bits per heavy atom. The number of pyridine rings is 1. The Hall–Kier alpha value is -4.13. The van der Waals surface area contributed by atoms with Crippen molar-refractivity contribution >= 4 is 11.9 Å². The monoisotopic (exact) mass is 467 g/mol. The number of carbonyl (C=O) groups excluding carboxylic acids is 1. The van der Waals surface area contributed by atoms with E-state index in [2.05, 4.69) is 26.8 Å². The van der Waals surface area contributed by atoms with E-state index in [0.717, 1.165) is 12.3 Å². The summed E-state index contributed by atoms with van der Waals surface area (Å²) in [6.07, 6.45) is -1.81. The molecule has 0 atom stereocenters. The van der Waals surface area contributed by atoms with Gasteiger partial charge in [-0.2, -0.15) is 13.2 Å². The summed E-state index contributed by atoms with van der Waals surface area (Å²) in [5.74, 6) is 6.29. The third-order valence-corrected chi connectivity index (χ3v) is 5.22. The molecule has 0 radical (unpaired) electrons. The molecule has 3 heterocycles. The van der Waals surface area contributed by atoms with Crippen LogP contribution >= 0.6 is 0 Å². The molecular weight excluding hydrogens is 447 g/mol. The topological polar surface area (TPSA) is 71.5 Å². The van der Waals surface area contributed by atoms with Crippen molar-refractivity contribution < 1.29 is 22.7 Å². The second-order valence-electron chi connectivity index (χ2n) is 7.40. The van der Waals surface area contributed by atoms with Gasteiger partial charge >= 0.3 is 6.18 Å². The van der Waals surface area contributed by atoms with E-state index in [0.29, 0.717) is 48.7 Å². The molecule has 3 aromatic rings. The summed E-state index contributed by atoms with van der Waals surface area (Å²) in [6, 6.07) is 11.3. The van der Waals surface area contributed by atoms with Crippen LogP contribution in [0.3, 0.4) is 0 Å². The van der Waals surface area contributed by atoms with Gasteiger partial charge in [0, 0.05) is 44.1 Å². The van der Waals surface area contributed by atoms with Crippen LogP contribution in [0.5, 0.6) is 5.75 Å². The van der Waals surface area contributed by atoms with E-state index in [9.17, 15) is 18.0 Å². The van der Waals surface area contributed by atoms with Gasteiger partial charge in [0.1, 0.15) is 17.1 Å². The number of hydrogen-bond acceptors (Lipinski definition) is 6. The van der Waals surface area contributed by atoms with E-state index in [-0.39, 0.29) is 11.9 Å². The molecule has 10 heteroatoms. The van der Waals surface area contributed by atoms with E-state index in [4.69, 9.17) is 4.74 Å². The first kappa shape index (κ1) is 23.0. The molecule has 4 rings (SSSR count). The average molecular weight is 467 g/mol. The zero-order valence-electron chi connectivity index (χ0n) is 18.2. The Morgan fingerprint density at radius 3 is 2.47 bits per heavy atom. The van der Waals surface area contributed by atoms with Crippen molar-refractivity contribution in [3.05, 3.63) is 77.4 Å². The number of nitrogens with zero attached hydrogens (tertiary/aromatic N) is 5. The van der Waals surface area contributed by atoms with E-state index >= 15 is 0 Å². The van der Waals surface area contributed by atoms with Crippen LogP contribution in [0, 0.1) is 11.8 Å². The Balaban J connectivity index is 1.47. The number of methoxy groups -OCH3 is 1. The van der Waals surface area contributed by atoms with Crippen LogP contribution in [-0.2, 0) is 6.18 Å². The van der Waals surface area contributed by atoms with E-state index in [1.165, 1.54) is 7.11 Å². The molecule has 7 nitrogen and oxygen atoms in total. The summed E-state index contributed by atoms with van der Waals surface area (Å²) in [7, 11) is 1.53. The average Bonchev–Trinajstić information content (AvgIpc) is 2.87. The molecule has 1 fully saturated rings. The van der Waals surface area contributed by atoms with Crippen molar-refractivity contribution in [2.75, 3.05) is 38.2 Å². The fraction of sp³-hybridized carbons (Fsp3) is 0.250. The first-order chi connectivity index (χ1) is 16.3. The Labute approximate surface area is 194 Å². The Kier molecular flexibility index (Phi) is 6.63. The van der Waals surface area contributed by atoms with Gasteiger partial charge in [-0.3, -0.25) is 4.79 Å². The van der Waals surface area contributed by atoms with E-state index in [1.807, 2.05) is 6.07 Å². The highest BCUT2D eigenvalue weighted by Crippen LogP contribution is 2.28. The molecule has 0 spiro atoms. The number of anilines is 1. The molecule has 0 N–H and O–H groups in total. The highest BCUT2D eigenvalue weighted by molar-refractivity contribution is 5.95. The van der Waals surface area contributed by atoms with Crippen molar-refractivity contribution in [2.45, 2.75) is 6.18 Å². The molecular formula is C24H20F3N5O2. The summed E-state index contributed by atoms with van der Waals surface area (Å²) < 4.78 is 44.2. The number of hydrogen-bond donors (Lipinski definition) is 0. The van der Waals surface area contributed by atoms with Gasteiger partial charge in [0.15, 0.2) is 0 Å². The molecule has 0 saturated carbocycles. The third kappa shape index (κ3) is 5.26. The van der Waals surface area contributed by atoms with E-state index in [1.54, 1.807) is 46.3 Å². The summed E-state index contributed by atoms with van der Waals surface area (Å²) >= 11 is 0. The summed E-state index contributed by atoms with van der Waals surface area (Å²) in [6.45, 7) is 1.27. The molecule has 2 aromatic heterocycles. The zero-order valence-corrected chi connectivity index (χ0v) is 18.2. The smallest absolute Gasteiger partial charge is 0.433 e. The van der Waals surface area contributed by atoms with Crippen molar-refractivity contribution in [1.29, 1.82) is 0 Å². The molecule has 0 bridgehead atoms. The van der Waals surface area contributed by atoms with E-state index < -0.39 is 11.9 Å². The van der Waals surface area contributed by atoms with Crippen LogP contribution in [0.2, 0.25) is 0 Å². The highest BCUT2D eigenvalue weighted by atomic mass is 19.4. The summed E-state index contributed by atoms with van der Waals surface area (Å²) in [4.78, 5) is 28.1. The summed E-state index contributed by atoms with van der Waals surface area (Å²) in [5.41, 5.74) is 0.590. The predicted molar refractivity (Wildman–Crippen MR) is 118 cm³/mol. The first-order valence-electron chi connectivity index (χ1n) is 10.4. The molecule has 174 valence electrons. The van der Waals surface area contributed by atoms with Crippen molar-refractivity contribution in [3.63, 3.8) is 0 Å². The van der Waals surface area contributed by atoms with Gasteiger partial charge < -0.3 is 14.5 Å². The number of piperazine rings is 1. The third-order valence-electron chi connectivity index (χ3n) is 5.22. The van der Waals surface area contributed by atoms with Gasteiger partial charge in [-0.05, 0) is 42.3 Å². The van der Waals surface area contributed by atoms with Crippen LogP contribution in [0.1, 0.15) is 27.3 Å². The van der Waals surface area contributed by atoms with Crippen molar-refractivity contribution in [1.82, 2.24) is 19.9 Å². The van der Waals surface area contributed by atoms with Gasteiger partial charge in [-0.25, -0.2) is 15.0 Å². The maximum absolute atomic E-state index is 13.1. The number of halogens is 3. The number of alkyl halides is 3. The first-order valence-corrected chi connectivity index (χ1v) is 10.4. The van der Waals surface area contributed by atoms with Crippen LogP contribution in [0.25, 0.3) is 0 Å². The fourth-order valence-corrected chi connectivity index (χ4v) is 3.46. The predicted octanol–water partition coefficient (Wildman–Crippen LogP) is 3.26. The Bertz CT molecular complexity index is 1230. The highest BCUT2D eigenvalue weighted by Gasteiger charge is 2.33. The normalized spacial score (nSPS) is 13.8. The van der Waals surface area contributed by atoms with Crippen LogP contribution in [0.4, 0.5) is 19.1 Å². The van der Waals surface area contributed by atoms with Crippen molar-refractivity contribution in [3.8, 4) is 17.6 Å². The molecule has 1 aliphatic heterocycles. The number of ether oxygens (including phenoxy) is 1. The lowest BCUT2D eigenvalue weighted by Gasteiger charge is -2.35. The number of benzene rings is 1. The second-order valence-corrected chi connectivity index (χ2v) is 7.40. The lowest BCUT2D eigenvalue weighted by atomic mass is 10.1. The zero-order chi connectivity index (χ0) is 24.1.